The van der Waals surface area contributed by atoms with Gasteiger partial charge in [-0.05, 0) is 63.0 Å². The summed E-state index contributed by atoms with van der Waals surface area (Å²) >= 11 is 0. The SMILES string of the molecule is Cn1c(=O)oc2cc(CCCN3CCCC3)ccc21. The van der Waals surface area contributed by atoms with Crippen LogP contribution in [-0.2, 0) is 13.5 Å². The first-order chi connectivity index (χ1) is 9.24. The second kappa shape index (κ2) is 5.21. The van der Waals surface area contributed by atoms with Crippen molar-refractivity contribution >= 4 is 11.1 Å². The van der Waals surface area contributed by atoms with Crippen LogP contribution in [0.2, 0.25) is 0 Å². The fraction of sp³-hybridized carbons (Fsp3) is 0.533. The second-order valence-electron chi connectivity index (χ2n) is 5.38. The van der Waals surface area contributed by atoms with Crippen LogP contribution in [0, 0.1) is 0 Å². The van der Waals surface area contributed by atoms with E-state index >= 15 is 0 Å². The van der Waals surface area contributed by atoms with Crippen molar-refractivity contribution in [3.05, 3.63) is 34.3 Å². The van der Waals surface area contributed by atoms with E-state index in [4.69, 9.17) is 4.42 Å². The van der Waals surface area contributed by atoms with E-state index in [1.807, 2.05) is 12.1 Å². The molecule has 0 bridgehead atoms. The molecule has 19 heavy (non-hydrogen) atoms. The van der Waals surface area contributed by atoms with E-state index < -0.39 is 0 Å². The predicted octanol–water partition coefficient (Wildman–Crippen LogP) is 2.16. The lowest BCUT2D eigenvalue weighted by atomic mass is 10.1. The van der Waals surface area contributed by atoms with Crippen molar-refractivity contribution in [2.24, 2.45) is 7.05 Å². The Morgan fingerprint density at radius 3 is 2.84 bits per heavy atom. The van der Waals surface area contributed by atoms with Crippen LogP contribution < -0.4 is 5.76 Å². The zero-order valence-corrected chi connectivity index (χ0v) is 11.4. The fourth-order valence-corrected chi connectivity index (χ4v) is 2.85. The second-order valence-corrected chi connectivity index (χ2v) is 5.38. The van der Waals surface area contributed by atoms with Crippen molar-refractivity contribution in [3.63, 3.8) is 0 Å². The van der Waals surface area contributed by atoms with Crippen molar-refractivity contribution in [1.29, 1.82) is 0 Å². The van der Waals surface area contributed by atoms with E-state index in [0.29, 0.717) is 5.58 Å². The molecule has 4 nitrogen and oxygen atoms in total. The van der Waals surface area contributed by atoms with Crippen LogP contribution in [0.1, 0.15) is 24.8 Å². The number of benzene rings is 1. The van der Waals surface area contributed by atoms with Crippen molar-refractivity contribution in [1.82, 2.24) is 9.47 Å². The molecule has 0 atom stereocenters. The van der Waals surface area contributed by atoms with Crippen LogP contribution in [0.3, 0.4) is 0 Å². The van der Waals surface area contributed by atoms with Gasteiger partial charge in [0.25, 0.3) is 0 Å². The molecule has 0 spiro atoms. The van der Waals surface area contributed by atoms with Gasteiger partial charge in [0, 0.05) is 7.05 Å². The molecule has 1 aliphatic heterocycles. The average molecular weight is 260 g/mol. The summed E-state index contributed by atoms with van der Waals surface area (Å²) in [5.41, 5.74) is 2.82. The Morgan fingerprint density at radius 1 is 1.26 bits per heavy atom. The Labute approximate surface area is 112 Å². The summed E-state index contributed by atoms with van der Waals surface area (Å²) in [4.78, 5) is 14.0. The quantitative estimate of drug-likeness (QED) is 0.845. The first-order valence-electron chi connectivity index (χ1n) is 7.05. The Hall–Kier alpha value is -1.55. The zero-order chi connectivity index (χ0) is 13.2. The van der Waals surface area contributed by atoms with Crippen molar-refractivity contribution in [3.8, 4) is 0 Å². The molecule has 1 aromatic carbocycles. The zero-order valence-electron chi connectivity index (χ0n) is 11.4. The maximum absolute atomic E-state index is 11.4. The van der Waals surface area contributed by atoms with Gasteiger partial charge in [0.05, 0.1) is 5.52 Å². The summed E-state index contributed by atoms with van der Waals surface area (Å²) in [7, 11) is 1.74. The summed E-state index contributed by atoms with van der Waals surface area (Å²) in [6.07, 6.45) is 4.91. The van der Waals surface area contributed by atoms with Gasteiger partial charge >= 0.3 is 5.76 Å². The van der Waals surface area contributed by atoms with Gasteiger partial charge < -0.3 is 9.32 Å². The summed E-state index contributed by atoms with van der Waals surface area (Å²) < 4.78 is 6.76. The fourth-order valence-electron chi connectivity index (χ4n) is 2.85. The number of nitrogens with zero attached hydrogens (tertiary/aromatic N) is 2. The molecule has 0 saturated carbocycles. The van der Waals surface area contributed by atoms with Crippen molar-refractivity contribution in [2.45, 2.75) is 25.7 Å². The topological polar surface area (TPSA) is 38.4 Å². The van der Waals surface area contributed by atoms with Gasteiger partial charge in [-0.25, -0.2) is 4.79 Å². The summed E-state index contributed by atoms with van der Waals surface area (Å²) in [6.45, 7) is 3.69. The molecule has 1 fully saturated rings. The lowest BCUT2D eigenvalue weighted by Crippen LogP contribution is -2.20. The minimum absolute atomic E-state index is 0.288. The van der Waals surface area contributed by atoms with Crippen LogP contribution in [0.15, 0.2) is 27.4 Å². The van der Waals surface area contributed by atoms with Gasteiger partial charge in [-0.1, -0.05) is 6.07 Å². The maximum Gasteiger partial charge on any atom is 0.419 e. The van der Waals surface area contributed by atoms with Gasteiger partial charge in [-0.3, -0.25) is 4.57 Å². The number of hydrogen-bond donors (Lipinski definition) is 0. The van der Waals surface area contributed by atoms with Crippen molar-refractivity contribution in [2.75, 3.05) is 19.6 Å². The lowest BCUT2D eigenvalue weighted by Gasteiger charge is -2.13. The number of fused-ring (bicyclic) bond motifs is 1. The Balaban J connectivity index is 1.66. The number of aromatic nitrogens is 1. The molecule has 102 valence electrons. The molecular weight excluding hydrogens is 240 g/mol. The van der Waals surface area contributed by atoms with Gasteiger partial charge in [0.1, 0.15) is 0 Å². The Morgan fingerprint density at radius 2 is 2.05 bits per heavy atom. The molecule has 0 N–H and O–H groups in total. The van der Waals surface area contributed by atoms with Crippen LogP contribution in [0.5, 0.6) is 0 Å². The number of hydrogen-bond acceptors (Lipinski definition) is 3. The summed E-state index contributed by atoms with van der Waals surface area (Å²) in [5, 5.41) is 0. The third kappa shape index (κ3) is 2.59. The predicted molar refractivity (Wildman–Crippen MR) is 75.5 cm³/mol. The molecule has 0 unspecified atom stereocenters. The van der Waals surface area contributed by atoms with E-state index in [9.17, 15) is 4.79 Å². The number of oxazole rings is 1. The molecule has 0 amide bonds. The van der Waals surface area contributed by atoms with Gasteiger partial charge in [-0.2, -0.15) is 0 Å². The molecule has 0 aliphatic carbocycles. The van der Waals surface area contributed by atoms with Crippen LogP contribution >= 0.6 is 0 Å². The molecule has 1 aromatic heterocycles. The van der Waals surface area contributed by atoms with Gasteiger partial charge in [0.2, 0.25) is 0 Å². The molecular formula is C15H20N2O2. The lowest BCUT2D eigenvalue weighted by molar-refractivity contribution is 0.334. The number of aryl methyl sites for hydroxylation is 2. The highest BCUT2D eigenvalue weighted by molar-refractivity contribution is 5.73. The van der Waals surface area contributed by atoms with E-state index in [-0.39, 0.29) is 5.76 Å². The molecule has 1 saturated heterocycles. The summed E-state index contributed by atoms with van der Waals surface area (Å²) in [5.74, 6) is -0.288. The highest BCUT2D eigenvalue weighted by Crippen LogP contribution is 2.16. The molecule has 0 radical (unpaired) electrons. The Kier molecular flexibility index (Phi) is 3.42. The normalized spacial score (nSPS) is 16.5. The van der Waals surface area contributed by atoms with Gasteiger partial charge in [0.15, 0.2) is 5.58 Å². The minimum atomic E-state index is -0.288. The van der Waals surface area contributed by atoms with Crippen LogP contribution in [0.4, 0.5) is 0 Å². The minimum Gasteiger partial charge on any atom is -0.408 e. The van der Waals surface area contributed by atoms with E-state index in [1.54, 1.807) is 11.6 Å². The molecule has 3 rings (SSSR count). The van der Waals surface area contributed by atoms with Crippen molar-refractivity contribution < 1.29 is 4.42 Å². The van der Waals surface area contributed by atoms with Crippen LogP contribution in [-0.4, -0.2) is 29.1 Å². The van der Waals surface area contributed by atoms with E-state index in [2.05, 4.69) is 11.0 Å². The maximum atomic E-state index is 11.4. The Bertz CT molecular complexity index is 621. The molecule has 2 heterocycles. The monoisotopic (exact) mass is 260 g/mol. The third-order valence-electron chi connectivity index (χ3n) is 4.00. The van der Waals surface area contributed by atoms with E-state index in [0.717, 1.165) is 11.9 Å². The number of likely N-dealkylation sites (tertiary alicyclic amines) is 1. The standard InChI is InChI=1S/C15H20N2O2/c1-16-13-7-6-12(11-14(13)19-15(16)18)5-4-10-17-8-2-3-9-17/h6-7,11H,2-5,8-10H2,1H3. The molecule has 4 heteroatoms. The first-order valence-corrected chi connectivity index (χ1v) is 7.05. The highest BCUT2D eigenvalue weighted by Gasteiger charge is 2.11. The van der Waals surface area contributed by atoms with Gasteiger partial charge in [-0.15, -0.1) is 0 Å². The van der Waals surface area contributed by atoms with E-state index in [1.165, 1.54) is 44.5 Å². The van der Waals surface area contributed by atoms with Crippen LogP contribution in [0.25, 0.3) is 11.1 Å². The largest absolute Gasteiger partial charge is 0.419 e. The first kappa shape index (κ1) is 12.5. The average Bonchev–Trinajstić information content (AvgIpc) is 3.00. The molecule has 2 aromatic rings. The summed E-state index contributed by atoms with van der Waals surface area (Å²) in [6, 6.07) is 6.08. The molecule has 1 aliphatic rings. The highest BCUT2D eigenvalue weighted by atomic mass is 16.4. The third-order valence-corrected chi connectivity index (χ3v) is 4.00. The smallest absolute Gasteiger partial charge is 0.408 e. The number of rotatable bonds is 4.